The minimum absolute atomic E-state index is 0.0398. The average Bonchev–Trinajstić information content (AvgIpc) is 2.37. The van der Waals surface area contributed by atoms with Gasteiger partial charge in [0.15, 0.2) is 0 Å². The third-order valence-corrected chi connectivity index (χ3v) is 2.74. The van der Waals surface area contributed by atoms with Crippen molar-refractivity contribution in [3.63, 3.8) is 0 Å². The number of amides is 1. The van der Waals surface area contributed by atoms with Crippen LogP contribution < -0.4 is 11.1 Å². The van der Waals surface area contributed by atoms with Gasteiger partial charge in [-0.15, -0.1) is 0 Å². The van der Waals surface area contributed by atoms with Gasteiger partial charge < -0.3 is 15.8 Å². The van der Waals surface area contributed by atoms with E-state index in [1.165, 1.54) is 0 Å². The van der Waals surface area contributed by atoms with E-state index in [1.54, 1.807) is 7.11 Å². The van der Waals surface area contributed by atoms with Crippen molar-refractivity contribution in [1.29, 1.82) is 0 Å². The van der Waals surface area contributed by atoms with Gasteiger partial charge in [0.1, 0.15) is 0 Å². The van der Waals surface area contributed by atoms with E-state index in [2.05, 4.69) is 5.32 Å². The maximum atomic E-state index is 12.1. The first-order valence-corrected chi connectivity index (χ1v) is 6.24. The highest BCUT2D eigenvalue weighted by molar-refractivity contribution is 5.95. The van der Waals surface area contributed by atoms with Crippen LogP contribution in [0.15, 0.2) is 24.3 Å². The lowest BCUT2D eigenvalue weighted by Gasteiger charge is -2.13. The Kier molecular flexibility index (Phi) is 6.39. The van der Waals surface area contributed by atoms with Crippen molar-refractivity contribution in [2.24, 2.45) is 11.7 Å². The Morgan fingerprint density at radius 3 is 2.83 bits per heavy atom. The second-order valence-electron chi connectivity index (χ2n) is 4.47. The van der Waals surface area contributed by atoms with Gasteiger partial charge in [0, 0.05) is 19.2 Å². The highest BCUT2D eigenvalue weighted by Crippen LogP contribution is 2.09. The molecule has 4 heteroatoms. The molecule has 4 nitrogen and oxygen atoms in total. The molecule has 1 aromatic carbocycles. The standard InChI is InChI=1S/C14H22N2O2/c1-11(10-18-2)9-16-14(17)13-6-4-3-5-12(13)7-8-15/h3-6,11H,7-10,15H2,1-2H3,(H,16,17). The molecule has 1 unspecified atom stereocenters. The number of benzene rings is 1. The van der Waals surface area contributed by atoms with E-state index in [-0.39, 0.29) is 5.91 Å². The third-order valence-electron chi connectivity index (χ3n) is 2.74. The first kappa shape index (κ1) is 14.7. The third kappa shape index (κ3) is 4.47. The van der Waals surface area contributed by atoms with Gasteiger partial charge in [-0.3, -0.25) is 4.79 Å². The summed E-state index contributed by atoms with van der Waals surface area (Å²) in [5.41, 5.74) is 7.26. The Bertz CT molecular complexity index is 380. The Hall–Kier alpha value is -1.39. The molecule has 0 aliphatic carbocycles. The average molecular weight is 250 g/mol. The molecule has 0 spiro atoms. The molecule has 0 aliphatic rings. The molecule has 0 bridgehead atoms. The number of nitrogens with two attached hydrogens (primary N) is 1. The molecule has 3 N–H and O–H groups in total. The molecule has 0 radical (unpaired) electrons. The molecular weight excluding hydrogens is 228 g/mol. The van der Waals surface area contributed by atoms with Crippen molar-refractivity contribution in [2.75, 3.05) is 26.8 Å². The molecule has 0 fully saturated rings. The molecule has 0 saturated carbocycles. The summed E-state index contributed by atoms with van der Waals surface area (Å²) >= 11 is 0. The fourth-order valence-corrected chi connectivity index (χ4v) is 1.82. The summed E-state index contributed by atoms with van der Waals surface area (Å²) in [6.07, 6.45) is 0.719. The minimum atomic E-state index is -0.0398. The zero-order valence-corrected chi connectivity index (χ0v) is 11.1. The predicted molar refractivity (Wildman–Crippen MR) is 72.6 cm³/mol. The number of rotatable bonds is 7. The van der Waals surface area contributed by atoms with Crippen LogP contribution in [0, 0.1) is 5.92 Å². The van der Waals surface area contributed by atoms with Crippen LogP contribution in [-0.2, 0) is 11.2 Å². The van der Waals surface area contributed by atoms with E-state index in [0.717, 1.165) is 12.0 Å². The fourth-order valence-electron chi connectivity index (χ4n) is 1.82. The second kappa shape index (κ2) is 7.84. The van der Waals surface area contributed by atoms with Crippen LogP contribution in [0.4, 0.5) is 0 Å². The van der Waals surface area contributed by atoms with Crippen molar-refractivity contribution < 1.29 is 9.53 Å². The summed E-state index contributed by atoms with van der Waals surface area (Å²) in [7, 11) is 1.66. The van der Waals surface area contributed by atoms with Gasteiger partial charge in [0.25, 0.3) is 5.91 Å². The molecule has 1 amide bonds. The van der Waals surface area contributed by atoms with Crippen LogP contribution in [0.1, 0.15) is 22.8 Å². The zero-order chi connectivity index (χ0) is 13.4. The predicted octanol–water partition coefficient (Wildman–Crippen LogP) is 1.20. The highest BCUT2D eigenvalue weighted by Gasteiger charge is 2.11. The van der Waals surface area contributed by atoms with Gasteiger partial charge in [0.2, 0.25) is 0 Å². The first-order valence-electron chi connectivity index (χ1n) is 6.24. The van der Waals surface area contributed by atoms with E-state index in [1.807, 2.05) is 31.2 Å². The van der Waals surface area contributed by atoms with Gasteiger partial charge in [-0.05, 0) is 30.5 Å². The molecule has 0 aliphatic heterocycles. The van der Waals surface area contributed by atoms with Crippen LogP contribution in [0.3, 0.4) is 0 Å². The van der Waals surface area contributed by atoms with Crippen molar-refractivity contribution in [3.8, 4) is 0 Å². The summed E-state index contributed by atoms with van der Waals surface area (Å²) in [5.74, 6) is 0.266. The normalized spacial score (nSPS) is 12.2. The highest BCUT2D eigenvalue weighted by atomic mass is 16.5. The molecule has 1 rings (SSSR count). The topological polar surface area (TPSA) is 64.3 Å². The number of carbonyl (C=O) groups excluding carboxylic acids is 1. The monoisotopic (exact) mass is 250 g/mol. The maximum Gasteiger partial charge on any atom is 0.251 e. The van der Waals surface area contributed by atoms with Crippen LogP contribution in [-0.4, -0.2) is 32.7 Å². The van der Waals surface area contributed by atoms with Crippen molar-refractivity contribution in [1.82, 2.24) is 5.32 Å². The number of nitrogens with one attached hydrogen (secondary N) is 1. The lowest BCUT2D eigenvalue weighted by Crippen LogP contribution is -2.30. The van der Waals surface area contributed by atoms with E-state index >= 15 is 0 Å². The molecule has 0 aromatic heterocycles. The van der Waals surface area contributed by atoms with Gasteiger partial charge in [-0.1, -0.05) is 25.1 Å². The van der Waals surface area contributed by atoms with Crippen LogP contribution in [0.5, 0.6) is 0 Å². The fraction of sp³-hybridized carbons (Fsp3) is 0.500. The molecule has 1 aromatic rings. The molecule has 0 heterocycles. The second-order valence-corrected chi connectivity index (χ2v) is 4.47. The Morgan fingerprint density at radius 2 is 2.17 bits per heavy atom. The van der Waals surface area contributed by atoms with Crippen LogP contribution in [0.25, 0.3) is 0 Å². The Labute approximate surface area is 109 Å². The van der Waals surface area contributed by atoms with Crippen molar-refractivity contribution in [3.05, 3.63) is 35.4 Å². The van der Waals surface area contributed by atoms with E-state index in [4.69, 9.17) is 10.5 Å². The summed E-state index contributed by atoms with van der Waals surface area (Å²) in [4.78, 5) is 12.1. The van der Waals surface area contributed by atoms with Gasteiger partial charge in [-0.2, -0.15) is 0 Å². The molecule has 100 valence electrons. The Morgan fingerprint density at radius 1 is 1.44 bits per heavy atom. The minimum Gasteiger partial charge on any atom is -0.384 e. The number of methoxy groups -OCH3 is 1. The molecule has 1 atom stereocenters. The maximum absolute atomic E-state index is 12.1. The summed E-state index contributed by atoms with van der Waals surface area (Å²) in [6, 6.07) is 7.57. The number of carbonyl (C=O) groups is 1. The van der Waals surface area contributed by atoms with E-state index in [0.29, 0.717) is 31.2 Å². The van der Waals surface area contributed by atoms with Crippen molar-refractivity contribution in [2.45, 2.75) is 13.3 Å². The Balaban J connectivity index is 2.60. The zero-order valence-electron chi connectivity index (χ0n) is 11.1. The van der Waals surface area contributed by atoms with Gasteiger partial charge >= 0.3 is 0 Å². The summed E-state index contributed by atoms with van der Waals surface area (Å²) < 4.78 is 5.04. The molecule has 18 heavy (non-hydrogen) atoms. The number of hydrogen-bond donors (Lipinski definition) is 2. The van der Waals surface area contributed by atoms with E-state index < -0.39 is 0 Å². The van der Waals surface area contributed by atoms with Crippen molar-refractivity contribution >= 4 is 5.91 Å². The smallest absolute Gasteiger partial charge is 0.251 e. The lowest BCUT2D eigenvalue weighted by atomic mass is 10.0. The largest absolute Gasteiger partial charge is 0.384 e. The van der Waals surface area contributed by atoms with Gasteiger partial charge in [-0.25, -0.2) is 0 Å². The SMILES string of the molecule is COCC(C)CNC(=O)c1ccccc1CCN. The molecule has 0 saturated heterocycles. The number of hydrogen-bond acceptors (Lipinski definition) is 3. The van der Waals surface area contributed by atoms with Crippen LogP contribution in [0.2, 0.25) is 0 Å². The molecular formula is C14H22N2O2. The quantitative estimate of drug-likeness (QED) is 0.764. The lowest BCUT2D eigenvalue weighted by molar-refractivity contribution is 0.0933. The van der Waals surface area contributed by atoms with Gasteiger partial charge in [0.05, 0.1) is 6.61 Å². The first-order chi connectivity index (χ1) is 8.69. The van der Waals surface area contributed by atoms with Crippen LogP contribution >= 0.6 is 0 Å². The van der Waals surface area contributed by atoms with E-state index in [9.17, 15) is 4.79 Å². The number of ether oxygens (including phenoxy) is 1. The summed E-state index contributed by atoms with van der Waals surface area (Å²) in [6.45, 7) is 3.84. The summed E-state index contributed by atoms with van der Waals surface area (Å²) in [5, 5.41) is 2.92.